The highest BCUT2D eigenvalue weighted by Crippen LogP contribution is 2.32. The normalized spacial score (nSPS) is 11.2. The lowest BCUT2D eigenvalue weighted by atomic mass is 10.3. The number of hydrogen-bond acceptors (Lipinski definition) is 7. The zero-order valence-corrected chi connectivity index (χ0v) is 14.6. The van der Waals surface area contributed by atoms with Gasteiger partial charge in [0.1, 0.15) is 4.70 Å². The molecule has 0 aliphatic rings. The van der Waals surface area contributed by atoms with Gasteiger partial charge in [0, 0.05) is 18.8 Å². The van der Waals surface area contributed by atoms with Crippen LogP contribution in [0, 0.1) is 0 Å². The zero-order valence-electron chi connectivity index (χ0n) is 12.9. The van der Waals surface area contributed by atoms with E-state index < -0.39 is 0 Å². The van der Waals surface area contributed by atoms with Crippen LogP contribution in [-0.2, 0) is 0 Å². The van der Waals surface area contributed by atoms with E-state index in [2.05, 4.69) is 35.6 Å². The average molecular weight is 326 g/mol. The van der Waals surface area contributed by atoms with Crippen molar-refractivity contribution in [3.63, 3.8) is 0 Å². The molecule has 2 rings (SSSR count). The van der Waals surface area contributed by atoms with Crippen molar-refractivity contribution < 1.29 is 0 Å². The Labute approximate surface area is 134 Å². The second kappa shape index (κ2) is 7.79. The number of hydrogen-bond donors (Lipinski definition) is 1. The number of anilines is 2. The summed E-state index contributed by atoms with van der Waals surface area (Å²) in [5.74, 6) is 2.02. The van der Waals surface area contributed by atoms with Gasteiger partial charge in [0.2, 0.25) is 0 Å². The second-order valence-electron chi connectivity index (χ2n) is 4.76. The van der Waals surface area contributed by atoms with Crippen LogP contribution in [0.1, 0.15) is 40.0 Å². The Kier molecular flexibility index (Phi) is 6.05. The molecular formula is C14H23N5S2. The van der Waals surface area contributed by atoms with Crippen LogP contribution in [0.3, 0.4) is 0 Å². The molecule has 0 amide bonds. The summed E-state index contributed by atoms with van der Waals surface area (Å²) in [5.41, 5.74) is 6.58. The first-order chi connectivity index (χ1) is 10.2. The molecule has 116 valence electrons. The largest absolute Gasteiger partial charge is 0.375 e. The van der Waals surface area contributed by atoms with Gasteiger partial charge in [-0.1, -0.05) is 42.9 Å². The fraction of sp³-hybridized carbons (Fsp3) is 0.643. The standard InChI is InChI=1S/C14H23N5S2/c1-4-7-8-9-20-14-17-11-10(21-13(15)16-11)12(18-14)19(5-2)6-3/h4-9H2,1-3H3,(H2,15,16,17,18). The van der Waals surface area contributed by atoms with E-state index in [1.54, 1.807) is 11.8 Å². The fourth-order valence-corrected chi connectivity index (χ4v) is 3.75. The average Bonchev–Trinajstić information content (AvgIpc) is 2.85. The monoisotopic (exact) mass is 325 g/mol. The Balaban J connectivity index is 2.30. The zero-order chi connectivity index (χ0) is 15.2. The number of nitrogens with two attached hydrogens (primary N) is 1. The summed E-state index contributed by atoms with van der Waals surface area (Å²) in [6, 6.07) is 0. The summed E-state index contributed by atoms with van der Waals surface area (Å²) >= 11 is 3.18. The van der Waals surface area contributed by atoms with E-state index in [-0.39, 0.29) is 0 Å². The molecule has 0 atom stereocenters. The Morgan fingerprint density at radius 2 is 1.86 bits per heavy atom. The number of fused-ring (bicyclic) bond motifs is 1. The lowest BCUT2D eigenvalue weighted by molar-refractivity contribution is 0.776. The molecule has 2 N–H and O–H groups in total. The predicted octanol–water partition coefficient (Wildman–Crippen LogP) is 3.80. The van der Waals surface area contributed by atoms with Crippen molar-refractivity contribution in [2.45, 2.75) is 45.2 Å². The molecule has 0 spiro atoms. The lowest BCUT2D eigenvalue weighted by Gasteiger charge is -2.20. The predicted molar refractivity (Wildman–Crippen MR) is 93.4 cm³/mol. The first-order valence-electron chi connectivity index (χ1n) is 7.51. The van der Waals surface area contributed by atoms with Crippen LogP contribution in [0.15, 0.2) is 5.16 Å². The molecule has 5 nitrogen and oxygen atoms in total. The lowest BCUT2D eigenvalue weighted by Crippen LogP contribution is -2.23. The highest BCUT2D eigenvalue weighted by atomic mass is 32.2. The van der Waals surface area contributed by atoms with E-state index in [0.29, 0.717) is 5.13 Å². The molecule has 0 aliphatic heterocycles. The summed E-state index contributed by atoms with van der Waals surface area (Å²) in [5, 5.41) is 1.37. The first kappa shape index (κ1) is 16.3. The van der Waals surface area contributed by atoms with Crippen LogP contribution in [0.2, 0.25) is 0 Å². The minimum absolute atomic E-state index is 0.556. The van der Waals surface area contributed by atoms with Crippen molar-refractivity contribution in [1.82, 2.24) is 15.0 Å². The van der Waals surface area contributed by atoms with Crippen molar-refractivity contribution in [3.05, 3.63) is 0 Å². The van der Waals surface area contributed by atoms with Crippen molar-refractivity contribution in [2.24, 2.45) is 0 Å². The SMILES string of the molecule is CCCCCSc1nc(N(CC)CC)c2sc(N)nc2n1. The van der Waals surface area contributed by atoms with Gasteiger partial charge < -0.3 is 10.6 Å². The quantitative estimate of drug-likeness (QED) is 0.452. The van der Waals surface area contributed by atoms with Crippen molar-refractivity contribution >= 4 is 44.4 Å². The maximum atomic E-state index is 5.85. The highest BCUT2D eigenvalue weighted by Gasteiger charge is 2.16. The molecule has 0 radical (unpaired) electrons. The first-order valence-corrected chi connectivity index (χ1v) is 9.31. The van der Waals surface area contributed by atoms with Crippen LogP contribution in [0.5, 0.6) is 0 Å². The van der Waals surface area contributed by atoms with Crippen LogP contribution in [0.4, 0.5) is 10.9 Å². The number of unbranched alkanes of at least 4 members (excludes halogenated alkanes) is 2. The highest BCUT2D eigenvalue weighted by molar-refractivity contribution is 7.99. The molecule has 0 fully saturated rings. The minimum atomic E-state index is 0.556. The van der Waals surface area contributed by atoms with E-state index in [4.69, 9.17) is 10.7 Å². The van der Waals surface area contributed by atoms with Gasteiger partial charge in [-0.05, 0) is 20.3 Å². The summed E-state index contributed by atoms with van der Waals surface area (Å²) in [6.07, 6.45) is 3.68. The Hall–Kier alpha value is -1.08. The van der Waals surface area contributed by atoms with Gasteiger partial charge in [-0.15, -0.1) is 0 Å². The molecule has 2 aromatic rings. The number of aromatic nitrogens is 3. The Bertz CT molecular complexity index is 580. The molecule has 0 saturated carbocycles. The van der Waals surface area contributed by atoms with Gasteiger partial charge in [0.05, 0.1) is 0 Å². The van der Waals surface area contributed by atoms with Crippen LogP contribution >= 0.6 is 23.1 Å². The second-order valence-corrected chi connectivity index (χ2v) is 6.86. The summed E-state index contributed by atoms with van der Waals surface area (Å²) in [6.45, 7) is 8.32. The van der Waals surface area contributed by atoms with E-state index in [1.807, 2.05) is 0 Å². The third-order valence-corrected chi connectivity index (χ3v) is 5.08. The minimum Gasteiger partial charge on any atom is -0.375 e. The molecule has 0 aliphatic carbocycles. The molecule has 0 bridgehead atoms. The topological polar surface area (TPSA) is 67.9 Å². The number of thioether (sulfide) groups is 1. The molecule has 21 heavy (non-hydrogen) atoms. The fourth-order valence-electron chi connectivity index (χ4n) is 2.12. The summed E-state index contributed by atoms with van der Waals surface area (Å²) < 4.78 is 0.995. The molecule has 2 heterocycles. The molecule has 7 heteroatoms. The van der Waals surface area contributed by atoms with Gasteiger partial charge in [-0.25, -0.2) is 15.0 Å². The molecule has 0 unspecified atom stereocenters. The molecule has 0 saturated heterocycles. The summed E-state index contributed by atoms with van der Waals surface area (Å²) in [4.78, 5) is 15.9. The van der Waals surface area contributed by atoms with Crippen LogP contribution in [-0.4, -0.2) is 33.8 Å². The Morgan fingerprint density at radius 1 is 1.10 bits per heavy atom. The van der Waals surface area contributed by atoms with Crippen LogP contribution in [0.25, 0.3) is 10.3 Å². The molecular weight excluding hydrogens is 302 g/mol. The van der Waals surface area contributed by atoms with Gasteiger partial charge in [-0.3, -0.25) is 0 Å². The van der Waals surface area contributed by atoms with Gasteiger partial charge in [0.25, 0.3) is 0 Å². The van der Waals surface area contributed by atoms with E-state index in [1.165, 1.54) is 30.6 Å². The van der Waals surface area contributed by atoms with Gasteiger partial charge in [0.15, 0.2) is 21.8 Å². The number of thiazole rings is 1. The molecule has 2 aromatic heterocycles. The smallest absolute Gasteiger partial charge is 0.191 e. The maximum Gasteiger partial charge on any atom is 0.191 e. The van der Waals surface area contributed by atoms with Gasteiger partial charge >= 0.3 is 0 Å². The summed E-state index contributed by atoms with van der Waals surface area (Å²) in [7, 11) is 0. The Morgan fingerprint density at radius 3 is 2.52 bits per heavy atom. The van der Waals surface area contributed by atoms with Crippen molar-refractivity contribution in [2.75, 3.05) is 29.5 Å². The van der Waals surface area contributed by atoms with E-state index >= 15 is 0 Å². The van der Waals surface area contributed by atoms with Crippen molar-refractivity contribution in [1.29, 1.82) is 0 Å². The molecule has 0 aromatic carbocycles. The van der Waals surface area contributed by atoms with Gasteiger partial charge in [-0.2, -0.15) is 0 Å². The number of nitrogen functional groups attached to an aromatic ring is 1. The number of rotatable bonds is 8. The van der Waals surface area contributed by atoms with Crippen molar-refractivity contribution in [3.8, 4) is 0 Å². The van der Waals surface area contributed by atoms with Crippen LogP contribution < -0.4 is 10.6 Å². The maximum absolute atomic E-state index is 5.85. The number of nitrogens with zero attached hydrogens (tertiary/aromatic N) is 4. The van der Waals surface area contributed by atoms with E-state index in [9.17, 15) is 0 Å². The van der Waals surface area contributed by atoms with E-state index in [0.717, 1.165) is 40.2 Å². The third kappa shape index (κ3) is 3.97. The third-order valence-electron chi connectivity index (χ3n) is 3.27.